The third kappa shape index (κ3) is 6.91. The van der Waals surface area contributed by atoms with E-state index < -0.39 is 0 Å². The van der Waals surface area contributed by atoms with Crippen molar-refractivity contribution in [1.82, 2.24) is 15.2 Å². The van der Waals surface area contributed by atoms with Gasteiger partial charge in [0.1, 0.15) is 0 Å². The zero-order valence-electron chi connectivity index (χ0n) is 14.4. The molecule has 0 aliphatic heterocycles. The predicted octanol–water partition coefficient (Wildman–Crippen LogP) is 2.61. The first-order valence-electron chi connectivity index (χ1n) is 8.07. The second-order valence-corrected chi connectivity index (χ2v) is 6.32. The molecule has 1 aromatic heterocycles. The van der Waals surface area contributed by atoms with Crippen molar-refractivity contribution in [2.75, 3.05) is 45.2 Å². The highest BCUT2D eigenvalue weighted by molar-refractivity contribution is 5.51. The average Bonchev–Trinajstić information content (AvgIpc) is 2.44. The monoisotopic (exact) mass is 292 g/mol. The molecule has 0 bridgehead atoms. The molecule has 4 heteroatoms. The fraction of sp³-hybridized carbons (Fsp3) is 0.706. The first-order chi connectivity index (χ1) is 10.0. The van der Waals surface area contributed by atoms with Gasteiger partial charge in [-0.05, 0) is 44.6 Å². The second kappa shape index (κ2) is 9.74. The minimum atomic E-state index is 0.642. The Kier molecular flexibility index (Phi) is 8.31. The Morgan fingerprint density at radius 1 is 1.24 bits per heavy atom. The standard InChI is InChI=1S/C17H32N4/c1-6-8-18-12-16-7-9-19-13-17(16)21(14-15(2)3)11-10-20(4)5/h7,9,13,15,18H,6,8,10-12,14H2,1-5H3. The molecule has 1 heterocycles. The molecule has 1 aromatic rings. The van der Waals surface area contributed by atoms with E-state index in [1.807, 2.05) is 12.4 Å². The first-order valence-corrected chi connectivity index (χ1v) is 8.07. The lowest BCUT2D eigenvalue weighted by Gasteiger charge is -2.29. The van der Waals surface area contributed by atoms with E-state index in [4.69, 9.17) is 0 Å². The molecule has 1 N–H and O–H groups in total. The van der Waals surface area contributed by atoms with Crippen LogP contribution in [-0.4, -0.2) is 50.2 Å². The summed E-state index contributed by atoms with van der Waals surface area (Å²) in [5, 5.41) is 3.50. The maximum Gasteiger partial charge on any atom is 0.0598 e. The van der Waals surface area contributed by atoms with E-state index in [9.17, 15) is 0 Å². The van der Waals surface area contributed by atoms with Crippen molar-refractivity contribution >= 4 is 5.69 Å². The Morgan fingerprint density at radius 2 is 2.00 bits per heavy atom. The summed E-state index contributed by atoms with van der Waals surface area (Å²) in [6.07, 6.45) is 5.07. The molecule has 0 unspecified atom stereocenters. The molecule has 120 valence electrons. The Balaban J connectivity index is 2.83. The lowest BCUT2D eigenvalue weighted by Crippen LogP contribution is -2.35. The van der Waals surface area contributed by atoms with Crippen LogP contribution in [0.1, 0.15) is 32.8 Å². The summed E-state index contributed by atoms with van der Waals surface area (Å²) in [6.45, 7) is 11.9. The summed E-state index contributed by atoms with van der Waals surface area (Å²) >= 11 is 0. The summed E-state index contributed by atoms with van der Waals surface area (Å²) in [6, 6.07) is 2.14. The van der Waals surface area contributed by atoms with E-state index in [1.165, 1.54) is 11.3 Å². The molecule has 0 fully saturated rings. The number of aromatic nitrogens is 1. The first kappa shape index (κ1) is 17.9. The Hall–Kier alpha value is -1.13. The zero-order valence-corrected chi connectivity index (χ0v) is 14.4. The van der Waals surface area contributed by atoms with Crippen LogP contribution in [0.2, 0.25) is 0 Å². The highest BCUT2D eigenvalue weighted by Gasteiger charge is 2.13. The molecule has 0 amide bonds. The lowest BCUT2D eigenvalue weighted by atomic mass is 10.1. The van der Waals surface area contributed by atoms with E-state index in [0.29, 0.717) is 5.92 Å². The third-order valence-electron chi connectivity index (χ3n) is 3.37. The van der Waals surface area contributed by atoms with E-state index in [0.717, 1.165) is 39.1 Å². The summed E-state index contributed by atoms with van der Waals surface area (Å²) < 4.78 is 0. The van der Waals surface area contributed by atoms with Gasteiger partial charge in [0.25, 0.3) is 0 Å². The van der Waals surface area contributed by atoms with Gasteiger partial charge in [0.05, 0.1) is 11.9 Å². The fourth-order valence-corrected chi connectivity index (χ4v) is 2.32. The van der Waals surface area contributed by atoms with Gasteiger partial charge in [-0.15, -0.1) is 0 Å². The van der Waals surface area contributed by atoms with Crippen molar-refractivity contribution in [1.29, 1.82) is 0 Å². The minimum Gasteiger partial charge on any atom is -0.368 e. The number of pyridine rings is 1. The van der Waals surface area contributed by atoms with E-state index >= 15 is 0 Å². The molecule has 21 heavy (non-hydrogen) atoms. The summed E-state index contributed by atoms with van der Waals surface area (Å²) in [5.41, 5.74) is 2.62. The van der Waals surface area contributed by atoms with Crippen LogP contribution in [-0.2, 0) is 6.54 Å². The molecular weight excluding hydrogens is 260 g/mol. The van der Waals surface area contributed by atoms with Crippen LogP contribution in [0.15, 0.2) is 18.5 Å². The molecule has 4 nitrogen and oxygen atoms in total. The van der Waals surface area contributed by atoms with Gasteiger partial charge in [-0.3, -0.25) is 4.98 Å². The normalized spacial score (nSPS) is 11.4. The minimum absolute atomic E-state index is 0.642. The molecule has 0 aromatic carbocycles. The van der Waals surface area contributed by atoms with Gasteiger partial charge >= 0.3 is 0 Å². The molecule has 0 atom stereocenters. The Morgan fingerprint density at radius 3 is 2.62 bits per heavy atom. The third-order valence-corrected chi connectivity index (χ3v) is 3.37. The van der Waals surface area contributed by atoms with Gasteiger partial charge < -0.3 is 15.1 Å². The van der Waals surface area contributed by atoms with E-state index in [2.05, 4.69) is 61.0 Å². The lowest BCUT2D eigenvalue weighted by molar-refractivity contribution is 0.408. The van der Waals surface area contributed by atoms with Crippen molar-refractivity contribution in [3.8, 4) is 0 Å². The maximum absolute atomic E-state index is 4.35. The van der Waals surface area contributed by atoms with Gasteiger partial charge in [-0.25, -0.2) is 0 Å². The zero-order chi connectivity index (χ0) is 15.7. The predicted molar refractivity (Wildman–Crippen MR) is 91.8 cm³/mol. The SMILES string of the molecule is CCCNCc1ccncc1N(CCN(C)C)CC(C)C. The van der Waals surface area contributed by atoms with Crippen molar-refractivity contribution in [3.05, 3.63) is 24.0 Å². The Labute approximate surface area is 130 Å². The van der Waals surface area contributed by atoms with E-state index in [-0.39, 0.29) is 0 Å². The smallest absolute Gasteiger partial charge is 0.0598 e. The van der Waals surface area contributed by atoms with E-state index in [1.54, 1.807) is 0 Å². The number of nitrogens with one attached hydrogen (secondary N) is 1. The maximum atomic E-state index is 4.35. The van der Waals surface area contributed by atoms with Crippen molar-refractivity contribution < 1.29 is 0 Å². The fourth-order valence-electron chi connectivity index (χ4n) is 2.32. The van der Waals surface area contributed by atoms with Crippen LogP contribution < -0.4 is 10.2 Å². The van der Waals surface area contributed by atoms with Gasteiger partial charge in [0.2, 0.25) is 0 Å². The van der Waals surface area contributed by atoms with Gasteiger partial charge in [0.15, 0.2) is 0 Å². The molecule has 0 saturated carbocycles. The van der Waals surface area contributed by atoms with Crippen LogP contribution in [0.5, 0.6) is 0 Å². The number of rotatable bonds is 10. The number of hydrogen-bond donors (Lipinski definition) is 1. The number of hydrogen-bond acceptors (Lipinski definition) is 4. The molecule has 0 saturated heterocycles. The van der Waals surface area contributed by atoms with Gasteiger partial charge in [-0.1, -0.05) is 20.8 Å². The molecule has 0 spiro atoms. The summed E-state index contributed by atoms with van der Waals surface area (Å²) in [5.74, 6) is 0.642. The van der Waals surface area contributed by atoms with Crippen LogP contribution in [0.3, 0.4) is 0 Å². The quantitative estimate of drug-likeness (QED) is 0.672. The second-order valence-electron chi connectivity index (χ2n) is 6.32. The van der Waals surface area contributed by atoms with Gasteiger partial charge in [-0.2, -0.15) is 0 Å². The van der Waals surface area contributed by atoms with Crippen molar-refractivity contribution in [2.24, 2.45) is 5.92 Å². The van der Waals surface area contributed by atoms with Crippen LogP contribution in [0.25, 0.3) is 0 Å². The average molecular weight is 292 g/mol. The molecule has 1 rings (SSSR count). The van der Waals surface area contributed by atoms with Crippen molar-refractivity contribution in [2.45, 2.75) is 33.7 Å². The highest BCUT2D eigenvalue weighted by atomic mass is 15.2. The van der Waals surface area contributed by atoms with Crippen LogP contribution in [0.4, 0.5) is 5.69 Å². The molecule has 0 radical (unpaired) electrons. The summed E-state index contributed by atoms with van der Waals surface area (Å²) in [7, 11) is 4.25. The van der Waals surface area contributed by atoms with Crippen molar-refractivity contribution in [3.63, 3.8) is 0 Å². The largest absolute Gasteiger partial charge is 0.368 e. The van der Waals surface area contributed by atoms with Crippen LogP contribution >= 0.6 is 0 Å². The number of nitrogens with zero attached hydrogens (tertiary/aromatic N) is 3. The number of anilines is 1. The molecular formula is C17H32N4. The summed E-state index contributed by atoms with van der Waals surface area (Å²) in [4.78, 5) is 9.05. The van der Waals surface area contributed by atoms with Crippen LogP contribution in [0, 0.1) is 5.92 Å². The Bertz CT molecular complexity index is 390. The highest BCUT2D eigenvalue weighted by Crippen LogP contribution is 2.20. The molecule has 0 aliphatic rings. The number of likely N-dealkylation sites (N-methyl/N-ethyl adjacent to an activating group) is 1. The topological polar surface area (TPSA) is 31.4 Å². The van der Waals surface area contributed by atoms with Gasteiger partial charge in [0, 0.05) is 32.4 Å². The molecule has 0 aliphatic carbocycles.